The first kappa shape index (κ1) is 9.58. The molecule has 2 N–H and O–H groups in total. The number of hydrogen-bond donors (Lipinski definition) is 1. The van der Waals surface area contributed by atoms with Gasteiger partial charge in [0.1, 0.15) is 0 Å². The Kier molecular flexibility index (Phi) is 3.31. The van der Waals surface area contributed by atoms with Gasteiger partial charge in [-0.2, -0.15) is 0 Å². The number of nitrogens with two attached hydrogens (primary N) is 1. The van der Waals surface area contributed by atoms with Crippen molar-refractivity contribution in [1.29, 1.82) is 0 Å². The molecular weight excluding hydrogens is 164 g/mol. The van der Waals surface area contributed by atoms with E-state index >= 15 is 0 Å². The molecule has 0 saturated heterocycles. The SMILES string of the molecule is CC(N)C(N=[N+]=[N-])c1ccccc1. The Morgan fingerprint density at radius 2 is 2.00 bits per heavy atom. The zero-order valence-corrected chi connectivity index (χ0v) is 7.46. The standard InChI is InChI=1S/C9H12N4/c1-7(10)9(12-13-11)8-5-3-2-4-6-8/h2-7,9H,10H2,1H3. The topological polar surface area (TPSA) is 74.8 Å². The van der Waals surface area contributed by atoms with Gasteiger partial charge >= 0.3 is 0 Å². The fourth-order valence-electron chi connectivity index (χ4n) is 1.18. The minimum Gasteiger partial charge on any atom is -0.327 e. The lowest BCUT2D eigenvalue weighted by Crippen LogP contribution is -2.22. The van der Waals surface area contributed by atoms with Crippen molar-refractivity contribution in [2.45, 2.75) is 19.0 Å². The molecule has 13 heavy (non-hydrogen) atoms. The fourth-order valence-corrected chi connectivity index (χ4v) is 1.18. The molecule has 0 saturated carbocycles. The van der Waals surface area contributed by atoms with Crippen LogP contribution in [0.2, 0.25) is 0 Å². The highest BCUT2D eigenvalue weighted by atomic mass is 15.2. The van der Waals surface area contributed by atoms with E-state index in [1.165, 1.54) is 0 Å². The second-order valence-corrected chi connectivity index (χ2v) is 2.92. The molecule has 0 radical (unpaired) electrons. The van der Waals surface area contributed by atoms with Crippen LogP contribution in [0.5, 0.6) is 0 Å². The molecule has 1 aromatic carbocycles. The summed E-state index contributed by atoms with van der Waals surface area (Å²) in [4.78, 5) is 2.78. The summed E-state index contributed by atoms with van der Waals surface area (Å²) in [6.07, 6.45) is 0. The summed E-state index contributed by atoms with van der Waals surface area (Å²) in [5.41, 5.74) is 15.0. The second kappa shape index (κ2) is 4.50. The zero-order chi connectivity index (χ0) is 9.68. The molecular formula is C9H12N4. The van der Waals surface area contributed by atoms with Gasteiger partial charge in [0.2, 0.25) is 0 Å². The molecule has 4 nitrogen and oxygen atoms in total. The monoisotopic (exact) mass is 176 g/mol. The maximum Gasteiger partial charge on any atom is 0.0773 e. The molecule has 0 aliphatic heterocycles. The van der Waals surface area contributed by atoms with Crippen LogP contribution in [0, 0.1) is 0 Å². The molecule has 0 aliphatic rings. The second-order valence-electron chi connectivity index (χ2n) is 2.92. The molecule has 1 rings (SSSR count). The maximum absolute atomic E-state index is 8.35. The van der Waals surface area contributed by atoms with Crippen molar-refractivity contribution < 1.29 is 0 Å². The van der Waals surface area contributed by atoms with Gasteiger partial charge in [0.25, 0.3) is 0 Å². The Morgan fingerprint density at radius 1 is 1.38 bits per heavy atom. The van der Waals surface area contributed by atoms with Crippen LogP contribution in [0.15, 0.2) is 35.4 Å². The van der Waals surface area contributed by atoms with Gasteiger partial charge in [-0.25, -0.2) is 0 Å². The summed E-state index contributed by atoms with van der Waals surface area (Å²) in [5.74, 6) is 0. The Balaban J connectivity index is 2.95. The number of nitrogens with zero attached hydrogens (tertiary/aromatic N) is 3. The van der Waals surface area contributed by atoms with E-state index in [4.69, 9.17) is 11.3 Å². The van der Waals surface area contributed by atoms with Gasteiger partial charge in [-0.1, -0.05) is 35.4 Å². The summed E-state index contributed by atoms with van der Waals surface area (Å²) in [6, 6.07) is 9.09. The highest BCUT2D eigenvalue weighted by Gasteiger charge is 2.12. The zero-order valence-electron chi connectivity index (χ0n) is 7.46. The van der Waals surface area contributed by atoms with Crippen molar-refractivity contribution >= 4 is 0 Å². The van der Waals surface area contributed by atoms with Crippen molar-refractivity contribution in [1.82, 2.24) is 0 Å². The molecule has 0 fully saturated rings. The highest BCUT2D eigenvalue weighted by Crippen LogP contribution is 2.19. The van der Waals surface area contributed by atoms with Crippen LogP contribution in [0.25, 0.3) is 10.4 Å². The van der Waals surface area contributed by atoms with Crippen molar-refractivity contribution in [2.75, 3.05) is 0 Å². The van der Waals surface area contributed by atoms with Crippen molar-refractivity contribution in [3.8, 4) is 0 Å². The van der Waals surface area contributed by atoms with Crippen LogP contribution in [0.1, 0.15) is 18.5 Å². The summed E-state index contributed by atoms with van der Waals surface area (Å²) in [6.45, 7) is 1.83. The van der Waals surface area contributed by atoms with Crippen molar-refractivity contribution in [2.24, 2.45) is 10.8 Å². The average molecular weight is 176 g/mol. The van der Waals surface area contributed by atoms with E-state index in [1.807, 2.05) is 37.3 Å². The van der Waals surface area contributed by atoms with E-state index in [0.717, 1.165) is 5.56 Å². The predicted molar refractivity (Wildman–Crippen MR) is 52.0 cm³/mol. The molecule has 0 bridgehead atoms. The molecule has 0 aliphatic carbocycles. The first-order valence-corrected chi connectivity index (χ1v) is 4.10. The lowest BCUT2D eigenvalue weighted by molar-refractivity contribution is 0.586. The van der Waals surface area contributed by atoms with E-state index in [1.54, 1.807) is 0 Å². The molecule has 68 valence electrons. The van der Waals surface area contributed by atoms with Crippen LogP contribution in [-0.2, 0) is 0 Å². The minimum atomic E-state index is -0.272. The molecule has 4 heteroatoms. The lowest BCUT2D eigenvalue weighted by atomic mass is 10.0. The predicted octanol–water partition coefficient (Wildman–Crippen LogP) is 2.39. The first-order valence-electron chi connectivity index (χ1n) is 4.10. The van der Waals surface area contributed by atoms with E-state index in [-0.39, 0.29) is 12.1 Å². The Hall–Kier alpha value is -1.51. The smallest absolute Gasteiger partial charge is 0.0773 e. The molecule has 1 aromatic rings. The van der Waals surface area contributed by atoms with E-state index in [9.17, 15) is 0 Å². The first-order chi connectivity index (χ1) is 6.25. The Morgan fingerprint density at radius 3 is 2.46 bits per heavy atom. The third kappa shape index (κ3) is 2.47. The summed E-state index contributed by atoms with van der Waals surface area (Å²) >= 11 is 0. The Labute approximate surface area is 77.0 Å². The van der Waals surface area contributed by atoms with Crippen LogP contribution < -0.4 is 5.73 Å². The number of azide groups is 1. The third-order valence-corrected chi connectivity index (χ3v) is 1.82. The third-order valence-electron chi connectivity index (χ3n) is 1.82. The molecule has 0 spiro atoms. The van der Waals surface area contributed by atoms with Gasteiger partial charge < -0.3 is 5.73 Å². The molecule has 0 aromatic heterocycles. The van der Waals surface area contributed by atoms with Crippen molar-refractivity contribution in [3.63, 3.8) is 0 Å². The van der Waals surface area contributed by atoms with Gasteiger partial charge in [-0.05, 0) is 18.0 Å². The van der Waals surface area contributed by atoms with Crippen LogP contribution in [-0.4, -0.2) is 6.04 Å². The summed E-state index contributed by atoms with van der Waals surface area (Å²) < 4.78 is 0. The van der Waals surface area contributed by atoms with E-state index in [0.29, 0.717) is 0 Å². The fraction of sp³-hybridized carbons (Fsp3) is 0.333. The van der Waals surface area contributed by atoms with Gasteiger partial charge in [0.05, 0.1) is 6.04 Å². The number of benzene rings is 1. The summed E-state index contributed by atoms with van der Waals surface area (Å²) in [7, 11) is 0. The number of hydrogen-bond acceptors (Lipinski definition) is 2. The molecule has 2 unspecified atom stereocenters. The van der Waals surface area contributed by atoms with E-state index < -0.39 is 0 Å². The van der Waals surface area contributed by atoms with Gasteiger partial charge in [-0.3, -0.25) is 0 Å². The average Bonchev–Trinajstić information content (AvgIpc) is 2.15. The Bertz CT molecular complexity index is 301. The van der Waals surface area contributed by atoms with Crippen LogP contribution >= 0.6 is 0 Å². The molecule has 2 atom stereocenters. The normalized spacial score (nSPS) is 14.3. The molecule has 0 amide bonds. The quantitative estimate of drug-likeness (QED) is 0.428. The minimum absolute atomic E-state index is 0.168. The van der Waals surface area contributed by atoms with Gasteiger partial charge in [0.15, 0.2) is 0 Å². The van der Waals surface area contributed by atoms with Gasteiger partial charge in [0, 0.05) is 11.0 Å². The van der Waals surface area contributed by atoms with Crippen LogP contribution in [0.4, 0.5) is 0 Å². The van der Waals surface area contributed by atoms with Gasteiger partial charge in [-0.15, -0.1) is 0 Å². The summed E-state index contributed by atoms with van der Waals surface area (Å²) in [5, 5.41) is 3.65. The van der Waals surface area contributed by atoms with Crippen molar-refractivity contribution in [3.05, 3.63) is 46.3 Å². The lowest BCUT2D eigenvalue weighted by Gasteiger charge is -2.14. The highest BCUT2D eigenvalue weighted by molar-refractivity contribution is 5.20. The number of rotatable bonds is 3. The van der Waals surface area contributed by atoms with Crippen LogP contribution in [0.3, 0.4) is 0 Å². The molecule has 0 heterocycles. The largest absolute Gasteiger partial charge is 0.327 e. The maximum atomic E-state index is 8.35. The van der Waals surface area contributed by atoms with E-state index in [2.05, 4.69) is 10.0 Å².